The lowest BCUT2D eigenvalue weighted by molar-refractivity contribution is 0.303. The lowest BCUT2D eigenvalue weighted by Crippen LogP contribution is -2.14. The molecule has 1 aliphatic carbocycles. The number of rotatable bonds is 8. The maximum atomic E-state index is 15.1. The van der Waals surface area contributed by atoms with Crippen molar-refractivity contribution in [2.24, 2.45) is 5.92 Å². The molecule has 0 saturated heterocycles. The molecule has 0 nitrogen and oxygen atoms in total. The highest BCUT2D eigenvalue weighted by Crippen LogP contribution is 2.40. The molecule has 1 fully saturated rings. The van der Waals surface area contributed by atoms with Gasteiger partial charge in [0.25, 0.3) is 0 Å². The van der Waals surface area contributed by atoms with Gasteiger partial charge in [-0.25, -0.2) is 13.2 Å². The molecule has 3 aromatic rings. The third-order valence-electron chi connectivity index (χ3n) is 7.57. The quantitative estimate of drug-likeness (QED) is 0.312. The van der Waals surface area contributed by atoms with E-state index in [2.05, 4.69) is 6.92 Å². The van der Waals surface area contributed by atoms with Crippen LogP contribution in [0.4, 0.5) is 13.2 Å². The fourth-order valence-electron chi connectivity index (χ4n) is 5.42. The second kappa shape index (κ2) is 11.3. The van der Waals surface area contributed by atoms with E-state index in [1.165, 1.54) is 12.8 Å². The van der Waals surface area contributed by atoms with E-state index in [1.54, 1.807) is 18.2 Å². The Kier molecular flexibility index (Phi) is 8.13. The Balaban J connectivity index is 1.43. The molecule has 180 valence electrons. The van der Waals surface area contributed by atoms with Gasteiger partial charge in [-0.1, -0.05) is 75.2 Å². The van der Waals surface area contributed by atoms with Gasteiger partial charge in [0.1, 0.15) is 5.82 Å². The highest BCUT2D eigenvalue weighted by Gasteiger charge is 2.26. The highest BCUT2D eigenvalue weighted by molar-refractivity contribution is 5.65. The molecular formula is C31H35F3. The molecule has 1 saturated carbocycles. The van der Waals surface area contributed by atoms with Gasteiger partial charge in [-0.15, -0.1) is 0 Å². The van der Waals surface area contributed by atoms with E-state index in [1.807, 2.05) is 43.3 Å². The predicted molar refractivity (Wildman–Crippen MR) is 135 cm³/mol. The van der Waals surface area contributed by atoms with Gasteiger partial charge in [-0.3, -0.25) is 0 Å². The molecule has 0 atom stereocenters. The third-order valence-corrected chi connectivity index (χ3v) is 7.57. The largest absolute Gasteiger partial charge is 0.207 e. The number of halogens is 3. The predicted octanol–water partition coefficient (Wildman–Crippen LogP) is 9.19. The van der Waals surface area contributed by atoms with Gasteiger partial charge in [0, 0.05) is 5.56 Å². The Bertz CT molecular complexity index is 1090. The van der Waals surface area contributed by atoms with Crippen molar-refractivity contribution in [3.05, 3.63) is 94.3 Å². The number of hydrogen-bond donors (Lipinski definition) is 0. The van der Waals surface area contributed by atoms with Crippen LogP contribution >= 0.6 is 0 Å². The van der Waals surface area contributed by atoms with Crippen molar-refractivity contribution in [1.29, 1.82) is 0 Å². The van der Waals surface area contributed by atoms with E-state index < -0.39 is 11.6 Å². The van der Waals surface area contributed by atoms with Crippen LogP contribution in [0.1, 0.15) is 80.5 Å². The summed E-state index contributed by atoms with van der Waals surface area (Å²) in [5.74, 6) is -0.747. The summed E-state index contributed by atoms with van der Waals surface area (Å²) < 4.78 is 44.4. The van der Waals surface area contributed by atoms with Gasteiger partial charge in [0.2, 0.25) is 0 Å². The molecule has 0 aliphatic heterocycles. The number of aryl methyl sites for hydroxylation is 3. The van der Waals surface area contributed by atoms with E-state index in [9.17, 15) is 4.39 Å². The maximum absolute atomic E-state index is 15.1. The molecule has 0 amide bonds. The maximum Gasteiger partial charge on any atom is 0.166 e. The van der Waals surface area contributed by atoms with Crippen molar-refractivity contribution in [2.75, 3.05) is 0 Å². The second-order valence-corrected chi connectivity index (χ2v) is 9.81. The SMILES string of the molecule is CCCC1CCC(c2ccc(-c3ccc(CCc4ccc(CC)cc4F)cc3)c(F)c2F)CC1. The molecule has 3 heteroatoms. The molecule has 0 heterocycles. The van der Waals surface area contributed by atoms with Crippen LogP contribution in [0.15, 0.2) is 54.6 Å². The van der Waals surface area contributed by atoms with Crippen LogP contribution in [0, 0.1) is 23.4 Å². The van der Waals surface area contributed by atoms with E-state index in [0.29, 0.717) is 35.1 Å². The monoisotopic (exact) mass is 464 g/mol. The summed E-state index contributed by atoms with van der Waals surface area (Å²) in [5.41, 5.74) is 4.24. The first-order valence-electron chi connectivity index (χ1n) is 12.8. The first kappa shape index (κ1) is 24.6. The molecule has 0 bridgehead atoms. The Morgan fingerprint density at radius 1 is 0.735 bits per heavy atom. The Morgan fingerprint density at radius 3 is 2.09 bits per heavy atom. The summed E-state index contributed by atoms with van der Waals surface area (Å²) in [6.45, 7) is 4.22. The van der Waals surface area contributed by atoms with Gasteiger partial charge in [-0.2, -0.15) is 0 Å². The Morgan fingerprint density at radius 2 is 1.44 bits per heavy atom. The molecule has 0 aromatic heterocycles. The zero-order valence-electron chi connectivity index (χ0n) is 20.3. The molecule has 1 aliphatic rings. The van der Waals surface area contributed by atoms with Crippen molar-refractivity contribution in [3.8, 4) is 11.1 Å². The topological polar surface area (TPSA) is 0 Å². The van der Waals surface area contributed by atoms with Crippen molar-refractivity contribution in [3.63, 3.8) is 0 Å². The van der Waals surface area contributed by atoms with Crippen LogP contribution in [-0.4, -0.2) is 0 Å². The van der Waals surface area contributed by atoms with Gasteiger partial charge in [0.15, 0.2) is 11.6 Å². The highest BCUT2D eigenvalue weighted by atomic mass is 19.2. The van der Waals surface area contributed by atoms with Crippen LogP contribution in [0.5, 0.6) is 0 Å². The second-order valence-electron chi connectivity index (χ2n) is 9.81. The summed E-state index contributed by atoms with van der Waals surface area (Å²) in [6, 6.07) is 16.5. The smallest absolute Gasteiger partial charge is 0.166 e. The van der Waals surface area contributed by atoms with Crippen molar-refractivity contribution >= 4 is 0 Å². The van der Waals surface area contributed by atoms with Crippen molar-refractivity contribution < 1.29 is 13.2 Å². The minimum absolute atomic E-state index is 0.116. The summed E-state index contributed by atoms with van der Waals surface area (Å²) in [6.07, 6.45) is 8.63. The van der Waals surface area contributed by atoms with E-state index in [4.69, 9.17) is 0 Å². The fourth-order valence-corrected chi connectivity index (χ4v) is 5.42. The van der Waals surface area contributed by atoms with Crippen LogP contribution in [-0.2, 0) is 19.3 Å². The van der Waals surface area contributed by atoms with Crippen LogP contribution in [0.25, 0.3) is 11.1 Å². The molecule has 0 spiro atoms. The van der Waals surface area contributed by atoms with Gasteiger partial charge in [-0.05, 0) is 90.7 Å². The van der Waals surface area contributed by atoms with E-state index >= 15 is 8.78 Å². The summed E-state index contributed by atoms with van der Waals surface area (Å²) in [5, 5.41) is 0. The fraction of sp³-hybridized carbons (Fsp3) is 0.419. The number of benzene rings is 3. The zero-order valence-corrected chi connectivity index (χ0v) is 20.3. The first-order valence-corrected chi connectivity index (χ1v) is 12.8. The molecular weight excluding hydrogens is 429 g/mol. The molecule has 34 heavy (non-hydrogen) atoms. The Labute approximate surface area is 202 Å². The molecule has 3 aromatic carbocycles. The van der Waals surface area contributed by atoms with Gasteiger partial charge < -0.3 is 0 Å². The average molecular weight is 465 g/mol. The van der Waals surface area contributed by atoms with Crippen LogP contribution in [0.3, 0.4) is 0 Å². The number of hydrogen-bond acceptors (Lipinski definition) is 0. The zero-order chi connectivity index (χ0) is 24.1. The first-order chi connectivity index (χ1) is 16.5. The normalized spacial score (nSPS) is 18.3. The van der Waals surface area contributed by atoms with Crippen molar-refractivity contribution in [1.82, 2.24) is 0 Å². The molecule has 4 rings (SSSR count). The summed E-state index contributed by atoms with van der Waals surface area (Å²) in [7, 11) is 0. The minimum atomic E-state index is -0.751. The third kappa shape index (κ3) is 5.56. The van der Waals surface area contributed by atoms with E-state index in [-0.39, 0.29) is 11.7 Å². The van der Waals surface area contributed by atoms with Crippen LogP contribution < -0.4 is 0 Å². The standard InChI is InChI=1S/C31H35F3/c1-3-5-22-7-12-24(13-8-22)27-18-19-28(31(34)30(27)33)25-14-9-23(10-15-25)11-17-26-16-6-21(4-2)20-29(26)32/h6,9-10,14-16,18-20,22,24H,3-5,7-8,11-13,17H2,1-2H3. The summed E-state index contributed by atoms with van der Waals surface area (Å²) >= 11 is 0. The molecule has 0 N–H and O–H groups in total. The van der Waals surface area contributed by atoms with Crippen LogP contribution in [0.2, 0.25) is 0 Å². The van der Waals surface area contributed by atoms with Crippen molar-refractivity contribution in [2.45, 2.75) is 77.6 Å². The van der Waals surface area contributed by atoms with E-state index in [0.717, 1.165) is 49.1 Å². The molecule has 0 radical (unpaired) electrons. The minimum Gasteiger partial charge on any atom is -0.207 e. The Hall–Kier alpha value is -2.55. The average Bonchev–Trinajstić information content (AvgIpc) is 2.86. The summed E-state index contributed by atoms with van der Waals surface area (Å²) in [4.78, 5) is 0. The van der Waals surface area contributed by atoms with Gasteiger partial charge in [0.05, 0.1) is 0 Å². The lowest BCUT2D eigenvalue weighted by Gasteiger charge is -2.29. The van der Waals surface area contributed by atoms with Gasteiger partial charge >= 0.3 is 0 Å². The lowest BCUT2D eigenvalue weighted by atomic mass is 9.77. The molecule has 0 unspecified atom stereocenters.